The quantitative estimate of drug-likeness (QED) is 0.750. The SMILES string of the molecule is Cc1ccc(NC(=O)CCCc2nc3ccccc3s2)cc1. The van der Waals surface area contributed by atoms with Gasteiger partial charge in [0.25, 0.3) is 0 Å². The lowest BCUT2D eigenvalue weighted by atomic mass is 10.2. The Morgan fingerprint density at radius 3 is 2.68 bits per heavy atom. The molecule has 0 aliphatic rings. The summed E-state index contributed by atoms with van der Waals surface area (Å²) in [5, 5.41) is 4.03. The summed E-state index contributed by atoms with van der Waals surface area (Å²) < 4.78 is 1.21. The predicted octanol–water partition coefficient (Wildman–Crippen LogP) is 4.57. The van der Waals surface area contributed by atoms with Gasteiger partial charge in [-0.05, 0) is 44.0 Å². The van der Waals surface area contributed by atoms with Gasteiger partial charge in [-0.2, -0.15) is 0 Å². The van der Waals surface area contributed by atoms with Crippen LogP contribution in [0.15, 0.2) is 48.5 Å². The summed E-state index contributed by atoms with van der Waals surface area (Å²) in [5.41, 5.74) is 3.09. The third kappa shape index (κ3) is 3.71. The van der Waals surface area contributed by atoms with Crippen molar-refractivity contribution in [1.29, 1.82) is 0 Å². The van der Waals surface area contributed by atoms with Gasteiger partial charge in [0, 0.05) is 12.1 Å². The van der Waals surface area contributed by atoms with Gasteiger partial charge in [-0.15, -0.1) is 11.3 Å². The van der Waals surface area contributed by atoms with E-state index in [-0.39, 0.29) is 5.91 Å². The van der Waals surface area contributed by atoms with Crippen LogP contribution in [0.4, 0.5) is 5.69 Å². The van der Waals surface area contributed by atoms with E-state index in [1.807, 2.05) is 49.4 Å². The molecule has 3 nitrogen and oxygen atoms in total. The Morgan fingerprint density at radius 1 is 1.14 bits per heavy atom. The van der Waals surface area contributed by atoms with Crippen molar-refractivity contribution in [1.82, 2.24) is 4.98 Å². The smallest absolute Gasteiger partial charge is 0.224 e. The zero-order valence-electron chi connectivity index (χ0n) is 12.5. The molecule has 1 amide bonds. The number of carbonyl (C=O) groups is 1. The second-order valence-electron chi connectivity index (χ2n) is 5.34. The zero-order chi connectivity index (χ0) is 15.4. The number of benzene rings is 2. The second-order valence-corrected chi connectivity index (χ2v) is 6.46. The highest BCUT2D eigenvalue weighted by Gasteiger charge is 2.06. The van der Waals surface area contributed by atoms with Crippen LogP contribution in [-0.2, 0) is 11.2 Å². The average molecular weight is 310 g/mol. The number of carbonyl (C=O) groups excluding carboxylic acids is 1. The minimum absolute atomic E-state index is 0.0602. The molecule has 0 atom stereocenters. The molecular weight excluding hydrogens is 292 g/mol. The van der Waals surface area contributed by atoms with Crippen molar-refractivity contribution in [3.8, 4) is 0 Å². The minimum atomic E-state index is 0.0602. The molecule has 0 aliphatic heterocycles. The Morgan fingerprint density at radius 2 is 1.91 bits per heavy atom. The molecule has 0 aliphatic carbocycles. The molecule has 0 spiro atoms. The van der Waals surface area contributed by atoms with Crippen molar-refractivity contribution in [3.05, 3.63) is 59.1 Å². The molecule has 0 unspecified atom stereocenters. The van der Waals surface area contributed by atoms with Crippen molar-refractivity contribution in [2.24, 2.45) is 0 Å². The van der Waals surface area contributed by atoms with Crippen LogP contribution in [0.25, 0.3) is 10.2 Å². The summed E-state index contributed by atoms with van der Waals surface area (Å²) >= 11 is 1.71. The third-order valence-electron chi connectivity index (χ3n) is 3.47. The van der Waals surface area contributed by atoms with Crippen LogP contribution in [-0.4, -0.2) is 10.9 Å². The first-order chi connectivity index (χ1) is 10.7. The summed E-state index contributed by atoms with van der Waals surface area (Å²) in [4.78, 5) is 16.5. The molecule has 1 heterocycles. The first-order valence-corrected chi connectivity index (χ1v) is 8.23. The summed E-state index contributed by atoms with van der Waals surface area (Å²) in [5.74, 6) is 0.0602. The van der Waals surface area contributed by atoms with Gasteiger partial charge in [0.2, 0.25) is 5.91 Å². The van der Waals surface area contributed by atoms with Gasteiger partial charge in [0.15, 0.2) is 0 Å². The van der Waals surface area contributed by atoms with Gasteiger partial charge in [0.05, 0.1) is 15.2 Å². The van der Waals surface area contributed by atoms with Gasteiger partial charge in [0.1, 0.15) is 0 Å². The number of hydrogen-bond donors (Lipinski definition) is 1. The summed E-state index contributed by atoms with van der Waals surface area (Å²) in [6.45, 7) is 2.03. The molecule has 3 aromatic rings. The maximum Gasteiger partial charge on any atom is 0.224 e. The number of para-hydroxylation sites is 1. The molecule has 0 bridgehead atoms. The number of nitrogens with zero attached hydrogens (tertiary/aromatic N) is 1. The molecular formula is C18H18N2OS. The van der Waals surface area contributed by atoms with Crippen LogP contribution in [0.2, 0.25) is 0 Å². The highest BCUT2D eigenvalue weighted by atomic mass is 32.1. The first kappa shape index (κ1) is 14.7. The Labute approximate surface area is 134 Å². The van der Waals surface area contributed by atoms with Crippen LogP contribution in [0.1, 0.15) is 23.4 Å². The molecule has 22 heavy (non-hydrogen) atoms. The van der Waals surface area contributed by atoms with Crippen LogP contribution >= 0.6 is 11.3 Å². The Hall–Kier alpha value is -2.20. The minimum Gasteiger partial charge on any atom is -0.326 e. The van der Waals surface area contributed by atoms with Gasteiger partial charge >= 0.3 is 0 Å². The van der Waals surface area contributed by atoms with Gasteiger partial charge in [-0.1, -0.05) is 29.8 Å². The Kier molecular flexibility index (Phi) is 4.49. The fourth-order valence-corrected chi connectivity index (χ4v) is 3.30. The van der Waals surface area contributed by atoms with E-state index in [0.717, 1.165) is 29.1 Å². The number of anilines is 1. The van der Waals surface area contributed by atoms with Crippen LogP contribution in [0, 0.1) is 6.92 Å². The van der Waals surface area contributed by atoms with E-state index in [1.165, 1.54) is 10.3 Å². The number of rotatable bonds is 5. The molecule has 1 N–H and O–H groups in total. The van der Waals surface area contributed by atoms with E-state index in [9.17, 15) is 4.79 Å². The highest BCUT2D eigenvalue weighted by Crippen LogP contribution is 2.22. The van der Waals surface area contributed by atoms with E-state index >= 15 is 0 Å². The largest absolute Gasteiger partial charge is 0.326 e. The maximum atomic E-state index is 11.9. The molecule has 3 rings (SSSR count). The molecule has 0 radical (unpaired) electrons. The predicted molar refractivity (Wildman–Crippen MR) is 92.4 cm³/mol. The van der Waals surface area contributed by atoms with E-state index in [1.54, 1.807) is 11.3 Å². The van der Waals surface area contributed by atoms with Crippen LogP contribution < -0.4 is 5.32 Å². The van der Waals surface area contributed by atoms with Crippen molar-refractivity contribution < 1.29 is 4.79 Å². The molecule has 0 fully saturated rings. The van der Waals surface area contributed by atoms with Gasteiger partial charge < -0.3 is 5.32 Å². The van der Waals surface area contributed by atoms with E-state index in [2.05, 4.69) is 16.4 Å². The standard InChI is InChI=1S/C18H18N2OS/c1-13-9-11-14(12-10-13)19-17(21)7-4-8-18-20-15-5-2-3-6-16(15)22-18/h2-3,5-6,9-12H,4,7-8H2,1H3,(H,19,21). The number of amides is 1. The lowest BCUT2D eigenvalue weighted by molar-refractivity contribution is -0.116. The summed E-state index contributed by atoms with van der Waals surface area (Å²) in [7, 11) is 0. The van der Waals surface area contributed by atoms with Crippen molar-refractivity contribution in [2.45, 2.75) is 26.2 Å². The summed E-state index contributed by atoms with van der Waals surface area (Å²) in [6, 6.07) is 16.0. The number of hydrogen-bond acceptors (Lipinski definition) is 3. The Balaban J connectivity index is 1.49. The zero-order valence-corrected chi connectivity index (χ0v) is 13.3. The fraction of sp³-hybridized carbons (Fsp3) is 0.222. The molecule has 0 saturated heterocycles. The first-order valence-electron chi connectivity index (χ1n) is 7.42. The highest BCUT2D eigenvalue weighted by molar-refractivity contribution is 7.18. The van der Waals surface area contributed by atoms with Crippen molar-refractivity contribution >= 4 is 33.1 Å². The lowest BCUT2D eigenvalue weighted by Crippen LogP contribution is -2.11. The van der Waals surface area contributed by atoms with Crippen LogP contribution in [0.3, 0.4) is 0 Å². The molecule has 112 valence electrons. The number of fused-ring (bicyclic) bond motifs is 1. The number of aromatic nitrogens is 1. The summed E-state index contributed by atoms with van der Waals surface area (Å²) in [6.07, 6.45) is 2.18. The van der Waals surface area contributed by atoms with Crippen molar-refractivity contribution in [3.63, 3.8) is 0 Å². The fourth-order valence-electron chi connectivity index (χ4n) is 2.29. The van der Waals surface area contributed by atoms with Gasteiger partial charge in [-0.3, -0.25) is 4.79 Å². The second kappa shape index (κ2) is 6.71. The number of thiazole rings is 1. The van der Waals surface area contributed by atoms with E-state index < -0.39 is 0 Å². The molecule has 0 saturated carbocycles. The normalized spacial score (nSPS) is 10.8. The van der Waals surface area contributed by atoms with Gasteiger partial charge in [-0.25, -0.2) is 4.98 Å². The number of aryl methyl sites for hydroxylation is 2. The number of nitrogens with one attached hydrogen (secondary N) is 1. The lowest BCUT2D eigenvalue weighted by Gasteiger charge is -2.04. The van der Waals surface area contributed by atoms with E-state index in [0.29, 0.717) is 6.42 Å². The molecule has 4 heteroatoms. The molecule has 2 aromatic carbocycles. The van der Waals surface area contributed by atoms with E-state index in [4.69, 9.17) is 0 Å². The third-order valence-corrected chi connectivity index (χ3v) is 4.56. The maximum absolute atomic E-state index is 11.9. The Bertz CT molecular complexity index is 744. The monoisotopic (exact) mass is 310 g/mol. The molecule has 1 aromatic heterocycles. The van der Waals surface area contributed by atoms with Crippen LogP contribution in [0.5, 0.6) is 0 Å². The average Bonchev–Trinajstić information content (AvgIpc) is 2.92. The topological polar surface area (TPSA) is 42.0 Å². The van der Waals surface area contributed by atoms with Crippen molar-refractivity contribution in [2.75, 3.05) is 5.32 Å².